The minimum Gasteiger partial charge on any atom is -0.331 e. The Kier molecular flexibility index (Phi) is 3.62. The predicted molar refractivity (Wildman–Crippen MR) is 107 cm³/mol. The number of fused-ring (bicyclic) bond motifs is 3. The monoisotopic (exact) mass is 374 g/mol. The van der Waals surface area contributed by atoms with E-state index in [4.69, 9.17) is 11.6 Å². The summed E-state index contributed by atoms with van der Waals surface area (Å²) in [4.78, 5) is 19.9. The van der Waals surface area contributed by atoms with Crippen molar-refractivity contribution in [3.8, 4) is 0 Å². The van der Waals surface area contributed by atoms with Crippen molar-refractivity contribution in [3.63, 3.8) is 0 Å². The van der Waals surface area contributed by atoms with E-state index < -0.39 is 0 Å². The third-order valence-electron chi connectivity index (χ3n) is 4.70. The van der Waals surface area contributed by atoms with Gasteiger partial charge in [0.15, 0.2) is 0 Å². The summed E-state index contributed by atoms with van der Waals surface area (Å²) in [5.74, 6) is 0.535. The van der Waals surface area contributed by atoms with Crippen molar-refractivity contribution in [1.82, 2.24) is 9.55 Å². The first kappa shape index (κ1) is 15.9. The lowest BCUT2D eigenvalue weighted by Gasteiger charge is -2.37. The highest BCUT2D eigenvalue weighted by Gasteiger charge is 2.36. The van der Waals surface area contributed by atoms with Crippen molar-refractivity contribution in [3.05, 3.63) is 89.4 Å². The topological polar surface area (TPSA) is 50.2 Å². The Morgan fingerprint density at radius 2 is 1.59 bits per heavy atom. The predicted octanol–water partition coefficient (Wildman–Crippen LogP) is 5.29. The molecule has 1 aromatic heterocycles. The first-order chi connectivity index (χ1) is 13.2. The van der Waals surface area contributed by atoms with Crippen molar-refractivity contribution in [2.75, 3.05) is 10.2 Å². The molecule has 1 amide bonds. The summed E-state index contributed by atoms with van der Waals surface area (Å²) in [7, 11) is 0. The van der Waals surface area contributed by atoms with E-state index >= 15 is 0 Å². The maximum Gasteiger partial charge on any atom is 0.338 e. The van der Waals surface area contributed by atoms with Crippen molar-refractivity contribution in [2.24, 2.45) is 0 Å². The van der Waals surface area contributed by atoms with Crippen molar-refractivity contribution >= 4 is 40.3 Å². The number of hydrogen-bond acceptors (Lipinski definition) is 3. The summed E-state index contributed by atoms with van der Waals surface area (Å²) in [6, 6.07) is 24.6. The van der Waals surface area contributed by atoms with Crippen LogP contribution in [0.5, 0.6) is 0 Å². The molecule has 1 aliphatic rings. The zero-order valence-electron chi connectivity index (χ0n) is 14.2. The Balaban J connectivity index is 1.71. The largest absolute Gasteiger partial charge is 0.338 e. The van der Waals surface area contributed by atoms with E-state index in [-0.39, 0.29) is 12.2 Å². The van der Waals surface area contributed by atoms with Crippen LogP contribution >= 0.6 is 11.6 Å². The quantitative estimate of drug-likeness (QED) is 0.518. The van der Waals surface area contributed by atoms with Gasteiger partial charge >= 0.3 is 6.03 Å². The highest BCUT2D eigenvalue weighted by Crippen LogP contribution is 2.35. The lowest BCUT2D eigenvalue weighted by atomic mass is 10.1. The molecule has 1 aliphatic heterocycles. The van der Waals surface area contributed by atoms with Gasteiger partial charge in [-0.2, -0.15) is 0 Å². The molecule has 0 bridgehead atoms. The Morgan fingerprint density at radius 1 is 0.889 bits per heavy atom. The molecule has 5 nitrogen and oxygen atoms in total. The van der Waals surface area contributed by atoms with Crippen LogP contribution in [0.3, 0.4) is 0 Å². The molecule has 5 rings (SSSR count). The molecule has 1 unspecified atom stereocenters. The van der Waals surface area contributed by atoms with Gasteiger partial charge in [0.2, 0.25) is 5.95 Å². The number of carbonyl (C=O) groups excluding carboxylic acids is 1. The molecule has 0 fully saturated rings. The summed E-state index contributed by atoms with van der Waals surface area (Å²) >= 11 is 6.05. The number of rotatable bonds is 2. The number of nitrogens with one attached hydrogen (secondary N) is 1. The smallest absolute Gasteiger partial charge is 0.331 e. The molecule has 132 valence electrons. The summed E-state index contributed by atoms with van der Waals surface area (Å²) in [6.07, 6.45) is -0.388. The zero-order valence-corrected chi connectivity index (χ0v) is 15.0. The first-order valence-electron chi connectivity index (χ1n) is 8.60. The SMILES string of the molecule is O=C1N(c2ccccc2)C(c2ccc(Cl)cc2)Nc2nc3ccccc3n21. The van der Waals surface area contributed by atoms with Gasteiger partial charge in [0.25, 0.3) is 0 Å². The fraction of sp³-hybridized carbons (Fsp3) is 0.0476. The lowest BCUT2D eigenvalue weighted by molar-refractivity contribution is 0.245. The maximum absolute atomic E-state index is 13.5. The average Bonchev–Trinajstić information content (AvgIpc) is 3.08. The molecule has 1 N–H and O–H groups in total. The molecule has 27 heavy (non-hydrogen) atoms. The standard InChI is InChI=1S/C21H15ClN4O/c22-15-12-10-14(11-13-15)19-24-20-23-17-8-4-5-9-18(17)26(20)21(27)25(19)16-6-2-1-3-7-16/h1-13,19H,(H,23,24). The molecule has 4 aromatic rings. The van der Waals surface area contributed by atoms with Crippen LogP contribution in [0, 0.1) is 0 Å². The molecule has 1 atom stereocenters. The maximum atomic E-state index is 13.5. The fourth-order valence-electron chi connectivity index (χ4n) is 3.45. The number of hydrogen-bond donors (Lipinski definition) is 1. The number of aromatic nitrogens is 2. The summed E-state index contributed by atoms with van der Waals surface area (Å²) in [5.41, 5.74) is 3.28. The van der Waals surface area contributed by atoms with Crippen molar-refractivity contribution in [2.45, 2.75) is 6.17 Å². The molecule has 0 saturated carbocycles. The Hall–Kier alpha value is -3.31. The van der Waals surface area contributed by atoms with Gasteiger partial charge in [-0.25, -0.2) is 14.3 Å². The highest BCUT2D eigenvalue weighted by molar-refractivity contribution is 6.30. The molecule has 0 aliphatic carbocycles. The van der Waals surface area contributed by atoms with E-state index in [1.165, 1.54) is 0 Å². The van der Waals surface area contributed by atoms with E-state index in [1.807, 2.05) is 78.9 Å². The number of anilines is 2. The number of amides is 1. The summed E-state index contributed by atoms with van der Waals surface area (Å²) < 4.78 is 1.62. The molecule has 2 heterocycles. The number of nitrogens with zero attached hydrogens (tertiary/aromatic N) is 3. The number of carbonyl (C=O) groups is 1. The van der Waals surface area contributed by atoms with Crippen LogP contribution in [-0.2, 0) is 0 Å². The van der Waals surface area contributed by atoms with Crippen molar-refractivity contribution in [1.29, 1.82) is 0 Å². The second kappa shape index (κ2) is 6.14. The highest BCUT2D eigenvalue weighted by atomic mass is 35.5. The number of imidazole rings is 1. The van der Waals surface area contributed by atoms with E-state index in [0.717, 1.165) is 22.3 Å². The fourth-order valence-corrected chi connectivity index (χ4v) is 3.57. The van der Waals surface area contributed by atoms with Gasteiger partial charge in [0.05, 0.1) is 11.0 Å². The molecular weight excluding hydrogens is 360 g/mol. The van der Waals surface area contributed by atoms with Gasteiger partial charge in [0, 0.05) is 10.7 Å². The Labute approximate surface area is 160 Å². The second-order valence-electron chi connectivity index (χ2n) is 6.35. The molecule has 6 heteroatoms. The number of para-hydroxylation sites is 3. The van der Waals surface area contributed by atoms with Gasteiger partial charge in [-0.15, -0.1) is 0 Å². The molecule has 0 saturated heterocycles. The van der Waals surface area contributed by atoms with E-state index in [9.17, 15) is 4.79 Å². The van der Waals surface area contributed by atoms with Crippen LogP contribution in [0.4, 0.5) is 16.4 Å². The minimum absolute atomic E-state index is 0.149. The summed E-state index contributed by atoms with van der Waals surface area (Å²) in [5, 5.41) is 4.07. The van der Waals surface area contributed by atoms with Crippen LogP contribution in [0.25, 0.3) is 11.0 Å². The normalized spacial score (nSPS) is 16.3. The Morgan fingerprint density at radius 3 is 2.37 bits per heavy atom. The lowest BCUT2D eigenvalue weighted by Crippen LogP contribution is -2.46. The van der Waals surface area contributed by atoms with Crippen LogP contribution in [0.2, 0.25) is 5.02 Å². The van der Waals surface area contributed by atoms with Gasteiger partial charge in [0.1, 0.15) is 6.17 Å². The van der Waals surface area contributed by atoms with Gasteiger partial charge in [-0.05, 0) is 42.0 Å². The van der Waals surface area contributed by atoms with E-state index in [2.05, 4.69) is 10.3 Å². The molecule has 0 spiro atoms. The third kappa shape index (κ3) is 2.55. The first-order valence-corrected chi connectivity index (χ1v) is 8.98. The van der Waals surface area contributed by atoms with Crippen LogP contribution < -0.4 is 10.2 Å². The minimum atomic E-state index is -0.388. The average molecular weight is 375 g/mol. The molecular formula is C21H15ClN4O. The van der Waals surface area contributed by atoms with Crippen LogP contribution in [-0.4, -0.2) is 15.6 Å². The van der Waals surface area contributed by atoms with E-state index in [0.29, 0.717) is 11.0 Å². The zero-order chi connectivity index (χ0) is 18.4. The number of benzene rings is 3. The molecule has 3 aromatic carbocycles. The Bertz CT molecular complexity index is 1140. The van der Waals surface area contributed by atoms with Gasteiger partial charge < -0.3 is 5.32 Å². The summed E-state index contributed by atoms with van der Waals surface area (Å²) in [6.45, 7) is 0. The van der Waals surface area contributed by atoms with Gasteiger partial charge in [-0.3, -0.25) is 4.90 Å². The molecule has 0 radical (unpaired) electrons. The number of halogens is 1. The van der Waals surface area contributed by atoms with Gasteiger partial charge in [-0.1, -0.05) is 54.1 Å². The van der Waals surface area contributed by atoms with E-state index in [1.54, 1.807) is 9.47 Å². The second-order valence-corrected chi connectivity index (χ2v) is 6.78. The van der Waals surface area contributed by atoms with Crippen LogP contribution in [0.1, 0.15) is 11.7 Å². The van der Waals surface area contributed by atoms with Crippen LogP contribution in [0.15, 0.2) is 78.9 Å². The third-order valence-corrected chi connectivity index (χ3v) is 4.95. The van der Waals surface area contributed by atoms with Crippen molar-refractivity contribution < 1.29 is 4.79 Å².